The molecule has 0 unspecified atom stereocenters. The van der Waals surface area contributed by atoms with Crippen LogP contribution in [0.5, 0.6) is 0 Å². The lowest BCUT2D eigenvalue weighted by Gasteiger charge is -2.08. The quantitative estimate of drug-likeness (QED) is 0.714. The molecule has 1 aromatic rings. The Hall–Kier alpha value is -1.07. The summed E-state index contributed by atoms with van der Waals surface area (Å²) in [5, 5.41) is 3.25. The van der Waals surface area contributed by atoms with E-state index >= 15 is 0 Å². The van der Waals surface area contributed by atoms with Gasteiger partial charge in [0.15, 0.2) is 0 Å². The first-order chi connectivity index (χ1) is 8.60. The van der Waals surface area contributed by atoms with Crippen molar-refractivity contribution < 1.29 is 8.42 Å². The molecule has 5 heteroatoms. The molecule has 1 aromatic carbocycles. The van der Waals surface area contributed by atoms with Crippen LogP contribution >= 0.6 is 0 Å². The largest absolute Gasteiger partial charge is 0.385 e. The van der Waals surface area contributed by atoms with E-state index < -0.39 is 10.0 Å². The van der Waals surface area contributed by atoms with Crippen molar-refractivity contribution in [3.05, 3.63) is 24.3 Å². The Bertz CT molecular complexity index is 441. The topological polar surface area (TPSA) is 58.2 Å². The minimum Gasteiger partial charge on any atom is -0.385 e. The lowest BCUT2D eigenvalue weighted by molar-refractivity contribution is 0.581. The van der Waals surface area contributed by atoms with Crippen LogP contribution in [0.25, 0.3) is 0 Å². The summed E-state index contributed by atoms with van der Waals surface area (Å²) in [7, 11) is -3.34. The zero-order chi connectivity index (χ0) is 13.4. The summed E-state index contributed by atoms with van der Waals surface area (Å²) < 4.78 is 26.2. The lowest BCUT2D eigenvalue weighted by Crippen LogP contribution is -2.24. The number of hydrogen-bond acceptors (Lipinski definition) is 3. The molecule has 0 aromatic heterocycles. The van der Waals surface area contributed by atoms with Gasteiger partial charge in [-0.1, -0.05) is 20.3 Å². The standard InChI is InChI=1S/C13H22N2O2S/c1-3-5-11-14-12-6-8-13(9-7-12)18(16,17)15-10-4-2/h6-9,14-15H,3-5,10-11H2,1-2H3. The van der Waals surface area contributed by atoms with Crippen LogP contribution in [0.15, 0.2) is 29.2 Å². The Kier molecular flexibility index (Phi) is 6.15. The van der Waals surface area contributed by atoms with Gasteiger partial charge in [0.05, 0.1) is 4.90 Å². The number of sulfonamides is 1. The molecule has 1 rings (SSSR count). The fraction of sp³-hybridized carbons (Fsp3) is 0.538. The molecule has 4 nitrogen and oxygen atoms in total. The van der Waals surface area contributed by atoms with Crippen molar-refractivity contribution in [2.24, 2.45) is 0 Å². The second-order valence-electron chi connectivity index (χ2n) is 4.20. The van der Waals surface area contributed by atoms with Crippen LogP contribution in [-0.2, 0) is 10.0 Å². The normalized spacial score (nSPS) is 11.4. The van der Waals surface area contributed by atoms with Crippen molar-refractivity contribution in [1.29, 1.82) is 0 Å². The summed E-state index contributed by atoms with van der Waals surface area (Å²) in [5.74, 6) is 0. The predicted octanol–water partition coefficient (Wildman–Crippen LogP) is 2.59. The average molecular weight is 270 g/mol. The molecule has 18 heavy (non-hydrogen) atoms. The lowest BCUT2D eigenvalue weighted by atomic mass is 10.3. The fourth-order valence-electron chi connectivity index (χ4n) is 1.48. The maximum absolute atomic E-state index is 11.8. The van der Waals surface area contributed by atoms with E-state index in [1.165, 1.54) is 0 Å². The van der Waals surface area contributed by atoms with Crippen LogP contribution in [0.4, 0.5) is 5.69 Å². The SMILES string of the molecule is CCCCNc1ccc(S(=O)(=O)NCCC)cc1. The highest BCUT2D eigenvalue weighted by Gasteiger charge is 2.12. The van der Waals surface area contributed by atoms with Crippen molar-refractivity contribution in [1.82, 2.24) is 4.72 Å². The molecule has 102 valence electrons. The van der Waals surface area contributed by atoms with Crippen LogP contribution in [0.3, 0.4) is 0 Å². The highest BCUT2D eigenvalue weighted by Crippen LogP contribution is 2.14. The molecule has 0 radical (unpaired) electrons. The fourth-order valence-corrected chi connectivity index (χ4v) is 2.62. The first-order valence-corrected chi connectivity index (χ1v) is 7.92. The highest BCUT2D eigenvalue weighted by molar-refractivity contribution is 7.89. The Labute approximate surface area is 110 Å². The van der Waals surface area contributed by atoms with Crippen molar-refractivity contribution in [3.8, 4) is 0 Å². The van der Waals surface area contributed by atoms with Crippen LogP contribution < -0.4 is 10.0 Å². The molecule has 0 aliphatic rings. The number of benzene rings is 1. The van der Waals surface area contributed by atoms with E-state index in [0.717, 1.165) is 31.5 Å². The van der Waals surface area contributed by atoms with E-state index in [-0.39, 0.29) is 0 Å². The average Bonchev–Trinajstić information content (AvgIpc) is 2.37. The Morgan fingerprint density at radius 2 is 1.67 bits per heavy atom. The molecule has 0 amide bonds. The zero-order valence-corrected chi connectivity index (χ0v) is 11.9. The van der Waals surface area contributed by atoms with Crippen LogP contribution in [0.2, 0.25) is 0 Å². The van der Waals surface area contributed by atoms with E-state index in [4.69, 9.17) is 0 Å². The number of anilines is 1. The number of rotatable bonds is 8. The van der Waals surface area contributed by atoms with Gasteiger partial charge in [-0.25, -0.2) is 13.1 Å². The first kappa shape index (κ1) is 15.0. The highest BCUT2D eigenvalue weighted by atomic mass is 32.2. The Morgan fingerprint density at radius 1 is 1.00 bits per heavy atom. The van der Waals surface area contributed by atoms with Crippen LogP contribution in [0.1, 0.15) is 33.1 Å². The molecule has 2 N–H and O–H groups in total. The van der Waals surface area contributed by atoms with Crippen molar-refractivity contribution >= 4 is 15.7 Å². The number of nitrogens with one attached hydrogen (secondary N) is 2. The van der Waals surface area contributed by atoms with Crippen LogP contribution in [0, 0.1) is 0 Å². The molecule has 0 fully saturated rings. The van der Waals surface area contributed by atoms with E-state index in [2.05, 4.69) is 17.0 Å². The maximum atomic E-state index is 11.8. The predicted molar refractivity (Wildman–Crippen MR) is 75.3 cm³/mol. The van der Waals surface area contributed by atoms with Gasteiger partial charge in [0, 0.05) is 18.8 Å². The second kappa shape index (κ2) is 7.38. The van der Waals surface area contributed by atoms with Gasteiger partial charge >= 0.3 is 0 Å². The molecule has 0 aliphatic heterocycles. The summed E-state index contributed by atoms with van der Waals surface area (Å²) in [6.45, 7) is 5.45. The van der Waals surface area contributed by atoms with Gasteiger partial charge in [-0.15, -0.1) is 0 Å². The third kappa shape index (κ3) is 4.66. The van der Waals surface area contributed by atoms with E-state index in [9.17, 15) is 8.42 Å². The van der Waals surface area contributed by atoms with Gasteiger partial charge in [0.25, 0.3) is 0 Å². The van der Waals surface area contributed by atoms with Crippen molar-refractivity contribution in [2.75, 3.05) is 18.4 Å². The minimum absolute atomic E-state index is 0.317. The first-order valence-electron chi connectivity index (χ1n) is 6.43. The monoisotopic (exact) mass is 270 g/mol. The second-order valence-corrected chi connectivity index (χ2v) is 5.97. The Balaban J connectivity index is 2.64. The zero-order valence-electron chi connectivity index (χ0n) is 11.1. The minimum atomic E-state index is -3.34. The van der Waals surface area contributed by atoms with Gasteiger partial charge < -0.3 is 5.32 Å². The number of hydrogen-bond donors (Lipinski definition) is 2. The Morgan fingerprint density at radius 3 is 2.22 bits per heavy atom. The molecule has 0 atom stereocenters. The van der Waals surface area contributed by atoms with Gasteiger partial charge in [0.1, 0.15) is 0 Å². The van der Waals surface area contributed by atoms with E-state index in [0.29, 0.717) is 11.4 Å². The molecule has 0 spiro atoms. The molecular weight excluding hydrogens is 248 g/mol. The van der Waals surface area contributed by atoms with Gasteiger partial charge in [-0.3, -0.25) is 0 Å². The van der Waals surface area contributed by atoms with E-state index in [1.807, 2.05) is 6.92 Å². The molecule has 0 saturated carbocycles. The maximum Gasteiger partial charge on any atom is 0.240 e. The summed E-state index contributed by atoms with van der Waals surface area (Å²) in [6.07, 6.45) is 3.04. The summed E-state index contributed by atoms with van der Waals surface area (Å²) in [5.41, 5.74) is 0.956. The summed E-state index contributed by atoms with van der Waals surface area (Å²) in [6, 6.07) is 6.87. The van der Waals surface area contributed by atoms with Crippen molar-refractivity contribution in [3.63, 3.8) is 0 Å². The summed E-state index contributed by atoms with van der Waals surface area (Å²) in [4.78, 5) is 0.317. The third-order valence-electron chi connectivity index (χ3n) is 2.57. The molecule has 0 saturated heterocycles. The van der Waals surface area contributed by atoms with Crippen LogP contribution in [-0.4, -0.2) is 21.5 Å². The van der Waals surface area contributed by atoms with Gasteiger partial charge in [0.2, 0.25) is 10.0 Å². The molecule has 0 heterocycles. The smallest absolute Gasteiger partial charge is 0.240 e. The van der Waals surface area contributed by atoms with E-state index in [1.54, 1.807) is 24.3 Å². The van der Waals surface area contributed by atoms with Gasteiger partial charge in [-0.05, 0) is 37.1 Å². The third-order valence-corrected chi connectivity index (χ3v) is 4.04. The molecule has 0 aliphatic carbocycles. The number of unbranched alkanes of at least 4 members (excludes halogenated alkanes) is 1. The molecule has 0 bridgehead atoms. The summed E-state index contributed by atoms with van der Waals surface area (Å²) >= 11 is 0. The molecular formula is C13H22N2O2S. The van der Waals surface area contributed by atoms with Crippen molar-refractivity contribution in [2.45, 2.75) is 38.0 Å². The van der Waals surface area contributed by atoms with Gasteiger partial charge in [-0.2, -0.15) is 0 Å².